The molecule has 348 valence electrons. The summed E-state index contributed by atoms with van der Waals surface area (Å²) in [6.07, 6.45) is 3.73. The number of carbonyl (C=O) groups excluding carboxylic acids is 4. The number of benzene rings is 3. The van der Waals surface area contributed by atoms with Gasteiger partial charge >= 0.3 is 0 Å². The maximum Gasteiger partial charge on any atom is 0.262 e. The van der Waals surface area contributed by atoms with Crippen molar-refractivity contribution < 1.29 is 32.3 Å². The lowest BCUT2D eigenvalue weighted by Crippen LogP contribution is -2.63. The minimum atomic E-state index is -3.58. The standard InChI is InChI=1S/C48H56ClN9O7S/c1-27(2)65-41-20-35(29(5)18-39(41)52-48-50-21-37(49)44(54-48)51-38-8-6-7-9-42(38)66(63,64)28(3)4)31-14-16-56(17-15-31)33-25-55(26-33)22-30-23-57(24-30)32-10-11-34-36(19-32)47(62)58(46(34)61)40-12-13-43(59)53-45(40)60/h6-11,18-21,27-28,30-31,33,40H,12-17,22-26H2,1-5H3,(H,53,59,60)(H2,50,51,52,54). The Morgan fingerprint density at radius 3 is 2.32 bits per heavy atom. The fourth-order valence-electron chi connectivity index (χ4n) is 9.84. The molecule has 4 fully saturated rings. The van der Waals surface area contributed by atoms with Gasteiger partial charge in [-0.05, 0) is 126 Å². The molecule has 66 heavy (non-hydrogen) atoms. The van der Waals surface area contributed by atoms with E-state index >= 15 is 0 Å². The van der Waals surface area contributed by atoms with Gasteiger partial charge in [0.2, 0.25) is 17.8 Å². The number of halogens is 1. The van der Waals surface area contributed by atoms with Crippen molar-refractivity contribution in [3.05, 3.63) is 88.1 Å². The smallest absolute Gasteiger partial charge is 0.262 e. The van der Waals surface area contributed by atoms with Gasteiger partial charge in [0.05, 0.1) is 44.9 Å². The third-order valence-electron chi connectivity index (χ3n) is 13.5. The number of carbonyl (C=O) groups is 4. The number of ether oxygens (including phenoxy) is 1. The Kier molecular flexibility index (Phi) is 12.6. The number of aromatic nitrogens is 2. The van der Waals surface area contributed by atoms with Crippen LogP contribution < -0.4 is 25.6 Å². The SMILES string of the molecule is Cc1cc(Nc2ncc(Cl)c(Nc3ccccc3S(=O)(=O)C(C)C)n2)c(OC(C)C)cc1C1CCN(C2CN(CC3CN(c4ccc5c(c4)C(=O)N(C4CCC(=O)NC4=O)C5=O)C3)C2)CC1. The van der Waals surface area contributed by atoms with E-state index in [9.17, 15) is 27.6 Å². The minimum Gasteiger partial charge on any atom is -0.489 e. The van der Waals surface area contributed by atoms with E-state index in [0.717, 1.165) is 80.5 Å². The Morgan fingerprint density at radius 1 is 0.879 bits per heavy atom. The normalized spacial score (nSPS) is 20.2. The van der Waals surface area contributed by atoms with Crippen LogP contribution in [0.1, 0.15) is 91.1 Å². The monoisotopic (exact) mass is 937 g/mol. The first-order valence-corrected chi connectivity index (χ1v) is 24.7. The van der Waals surface area contributed by atoms with Crippen molar-refractivity contribution in [3.8, 4) is 5.75 Å². The zero-order valence-electron chi connectivity index (χ0n) is 37.8. The summed E-state index contributed by atoms with van der Waals surface area (Å²) in [4.78, 5) is 68.2. The number of likely N-dealkylation sites (tertiary alicyclic amines) is 2. The topological polar surface area (TPSA) is 186 Å². The van der Waals surface area contributed by atoms with Crippen molar-refractivity contribution in [1.82, 2.24) is 30.0 Å². The molecule has 0 radical (unpaired) electrons. The number of nitrogens with zero attached hydrogens (tertiary/aromatic N) is 6. The molecule has 3 N–H and O–H groups in total. The maximum atomic E-state index is 13.3. The van der Waals surface area contributed by atoms with Gasteiger partial charge < -0.3 is 20.3 Å². The first-order chi connectivity index (χ1) is 31.5. The molecule has 1 atom stereocenters. The van der Waals surface area contributed by atoms with Crippen LogP contribution >= 0.6 is 11.6 Å². The molecule has 5 aliphatic heterocycles. The third-order valence-corrected chi connectivity index (χ3v) is 16.0. The first-order valence-electron chi connectivity index (χ1n) is 22.8. The number of sulfone groups is 1. The van der Waals surface area contributed by atoms with Crippen LogP contribution in [0.4, 0.5) is 28.8 Å². The number of hydrogen-bond donors (Lipinski definition) is 3. The fraction of sp³-hybridized carbons (Fsp3) is 0.458. The third kappa shape index (κ3) is 8.97. The molecule has 6 heterocycles. The molecule has 3 aromatic carbocycles. The molecule has 0 spiro atoms. The Bertz CT molecular complexity index is 2700. The second kappa shape index (κ2) is 18.2. The molecule has 4 saturated heterocycles. The van der Waals surface area contributed by atoms with E-state index in [2.05, 4.69) is 59.7 Å². The molecule has 0 bridgehead atoms. The Labute approximate surface area is 390 Å². The molecule has 0 aliphatic carbocycles. The highest BCUT2D eigenvalue weighted by Crippen LogP contribution is 2.40. The summed E-state index contributed by atoms with van der Waals surface area (Å²) in [5.41, 5.74) is 5.02. The molecule has 0 saturated carbocycles. The molecule has 18 heteroatoms. The summed E-state index contributed by atoms with van der Waals surface area (Å²) in [6.45, 7) is 16.3. The average Bonchev–Trinajstić information content (AvgIpc) is 3.49. The van der Waals surface area contributed by atoms with Gasteiger partial charge in [-0.1, -0.05) is 23.7 Å². The van der Waals surface area contributed by atoms with E-state index in [4.69, 9.17) is 16.3 Å². The van der Waals surface area contributed by atoms with Gasteiger partial charge in [-0.15, -0.1) is 0 Å². The van der Waals surface area contributed by atoms with Crippen LogP contribution in [0.5, 0.6) is 5.75 Å². The number of para-hydroxylation sites is 1. The lowest BCUT2D eigenvalue weighted by atomic mass is 9.85. The number of rotatable bonds is 14. The van der Waals surface area contributed by atoms with Crippen LogP contribution in [0.15, 0.2) is 65.7 Å². The van der Waals surface area contributed by atoms with E-state index in [1.807, 2.05) is 19.9 Å². The molecule has 4 amide bonds. The Hall–Kier alpha value is -5.62. The van der Waals surface area contributed by atoms with Gasteiger partial charge in [-0.2, -0.15) is 4.98 Å². The van der Waals surface area contributed by atoms with Crippen LogP contribution in [0, 0.1) is 12.8 Å². The summed E-state index contributed by atoms with van der Waals surface area (Å²) in [6, 6.07) is 15.8. The van der Waals surface area contributed by atoms with Crippen LogP contribution in [0.3, 0.4) is 0 Å². The molecule has 1 aromatic heterocycles. The number of anilines is 5. The van der Waals surface area contributed by atoms with Crippen molar-refractivity contribution in [2.75, 3.05) is 61.3 Å². The lowest BCUT2D eigenvalue weighted by molar-refractivity contribution is -0.136. The van der Waals surface area contributed by atoms with Gasteiger partial charge in [-0.3, -0.25) is 39.2 Å². The summed E-state index contributed by atoms with van der Waals surface area (Å²) in [5, 5.41) is 8.35. The fourth-order valence-corrected chi connectivity index (χ4v) is 11.2. The summed E-state index contributed by atoms with van der Waals surface area (Å²) in [5.74, 6) is 0.176. The first kappa shape index (κ1) is 45.5. The largest absolute Gasteiger partial charge is 0.489 e. The number of aryl methyl sites for hydroxylation is 1. The molecule has 5 aliphatic rings. The molecule has 1 unspecified atom stereocenters. The van der Waals surface area contributed by atoms with Crippen molar-refractivity contribution in [3.63, 3.8) is 0 Å². The van der Waals surface area contributed by atoms with Crippen LogP contribution in [0.2, 0.25) is 5.02 Å². The number of piperidine rings is 2. The van der Waals surface area contributed by atoms with Crippen LogP contribution in [-0.2, 0) is 19.4 Å². The highest BCUT2D eigenvalue weighted by Gasteiger charge is 2.45. The van der Waals surface area contributed by atoms with Crippen LogP contribution in [0.25, 0.3) is 0 Å². The van der Waals surface area contributed by atoms with E-state index in [1.165, 1.54) is 11.8 Å². The van der Waals surface area contributed by atoms with Crippen molar-refractivity contribution >= 4 is 73.9 Å². The quantitative estimate of drug-likeness (QED) is 0.120. The second-order valence-electron chi connectivity index (χ2n) is 18.7. The number of fused-ring (bicyclic) bond motifs is 1. The second-order valence-corrected chi connectivity index (χ2v) is 21.6. The van der Waals surface area contributed by atoms with Gasteiger partial charge in [0.25, 0.3) is 11.8 Å². The van der Waals surface area contributed by atoms with Crippen molar-refractivity contribution in [2.45, 2.75) is 94.6 Å². The Morgan fingerprint density at radius 2 is 1.61 bits per heavy atom. The van der Waals surface area contributed by atoms with Gasteiger partial charge in [0, 0.05) is 56.8 Å². The molecular weight excluding hydrogens is 882 g/mol. The average molecular weight is 939 g/mol. The van der Waals surface area contributed by atoms with Crippen LogP contribution in [-0.4, -0.2) is 126 Å². The van der Waals surface area contributed by atoms with Gasteiger partial charge in [0.15, 0.2) is 15.7 Å². The van der Waals surface area contributed by atoms with Crippen molar-refractivity contribution in [1.29, 1.82) is 0 Å². The molecule has 9 rings (SSSR count). The van der Waals surface area contributed by atoms with Gasteiger partial charge in [-0.25, -0.2) is 13.4 Å². The summed E-state index contributed by atoms with van der Waals surface area (Å²) < 4.78 is 32.6. The number of amides is 4. The predicted octanol–water partition coefficient (Wildman–Crippen LogP) is 6.30. The Balaban J connectivity index is 0.769. The number of nitrogens with one attached hydrogen (secondary N) is 3. The lowest BCUT2D eigenvalue weighted by Gasteiger charge is -2.51. The van der Waals surface area contributed by atoms with Crippen molar-refractivity contribution in [2.24, 2.45) is 5.92 Å². The highest BCUT2D eigenvalue weighted by molar-refractivity contribution is 7.92. The van der Waals surface area contributed by atoms with E-state index < -0.39 is 44.8 Å². The molecular formula is C48H56ClN9O7S. The predicted molar refractivity (Wildman–Crippen MR) is 252 cm³/mol. The zero-order chi connectivity index (χ0) is 46.6. The molecule has 16 nitrogen and oxygen atoms in total. The zero-order valence-corrected chi connectivity index (χ0v) is 39.4. The van der Waals surface area contributed by atoms with E-state index in [0.29, 0.717) is 40.4 Å². The summed E-state index contributed by atoms with van der Waals surface area (Å²) >= 11 is 6.53. The van der Waals surface area contributed by atoms with E-state index in [-0.39, 0.29) is 40.6 Å². The number of imide groups is 2. The highest BCUT2D eigenvalue weighted by atomic mass is 35.5. The summed E-state index contributed by atoms with van der Waals surface area (Å²) in [7, 11) is -3.58. The maximum absolute atomic E-state index is 13.3. The van der Waals surface area contributed by atoms with Gasteiger partial charge in [0.1, 0.15) is 16.8 Å². The number of hydrogen-bond acceptors (Lipinski definition) is 14. The minimum absolute atomic E-state index is 0.0770. The molecule has 4 aromatic rings. The van der Waals surface area contributed by atoms with E-state index in [1.54, 1.807) is 50.2 Å².